The van der Waals surface area contributed by atoms with Crippen LogP contribution in [-0.4, -0.2) is 17.6 Å². The van der Waals surface area contributed by atoms with Crippen LogP contribution in [-0.2, 0) is 0 Å². The Morgan fingerprint density at radius 3 is 2.94 bits per heavy atom. The number of hydrogen-bond donors (Lipinski definition) is 2. The molecule has 0 spiro atoms. The first kappa shape index (κ1) is 13.3. The zero-order chi connectivity index (χ0) is 13.1. The average molecular weight is 247 g/mol. The van der Waals surface area contributed by atoms with Gasteiger partial charge in [-0.15, -0.1) is 0 Å². The van der Waals surface area contributed by atoms with Crippen molar-refractivity contribution < 1.29 is 0 Å². The Bertz CT molecular complexity index is 403. The predicted octanol–water partition coefficient (Wildman–Crippen LogP) is 2.85. The van der Waals surface area contributed by atoms with Crippen LogP contribution in [0.25, 0.3) is 0 Å². The summed E-state index contributed by atoms with van der Waals surface area (Å²) in [7, 11) is 0. The summed E-state index contributed by atoms with van der Waals surface area (Å²) in [5, 5.41) is 3.65. The molecule has 0 bridgehead atoms. The van der Waals surface area contributed by atoms with Gasteiger partial charge in [0.15, 0.2) is 0 Å². The second kappa shape index (κ2) is 5.70. The number of nitrogen functional groups attached to an aromatic ring is 1. The van der Waals surface area contributed by atoms with Crippen molar-refractivity contribution in [2.45, 2.75) is 52.0 Å². The number of aryl methyl sites for hydroxylation is 1. The maximum Gasteiger partial charge on any atom is 0.126 e. The van der Waals surface area contributed by atoms with Crippen molar-refractivity contribution in [3.05, 3.63) is 23.4 Å². The van der Waals surface area contributed by atoms with Gasteiger partial charge in [0.25, 0.3) is 0 Å². The lowest BCUT2D eigenvalue weighted by atomic mass is 9.88. The maximum absolute atomic E-state index is 6.05. The zero-order valence-corrected chi connectivity index (χ0v) is 11.7. The minimum Gasteiger partial charge on any atom is -0.383 e. The van der Waals surface area contributed by atoms with E-state index in [9.17, 15) is 0 Å². The number of nitrogens with two attached hydrogens (primary N) is 1. The van der Waals surface area contributed by atoms with Crippen LogP contribution in [0, 0.1) is 12.8 Å². The lowest BCUT2D eigenvalue weighted by Gasteiger charge is -2.23. The largest absolute Gasteiger partial charge is 0.383 e. The summed E-state index contributed by atoms with van der Waals surface area (Å²) in [6.45, 7) is 7.75. The zero-order valence-electron chi connectivity index (χ0n) is 11.7. The molecule has 0 amide bonds. The van der Waals surface area contributed by atoms with E-state index in [2.05, 4.69) is 37.1 Å². The Hall–Kier alpha value is -1.09. The Balaban J connectivity index is 2.12. The molecule has 1 aromatic rings. The van der Waals surface area contributed by atoms with Crippen LogP contribution in [0.3, 0.4) is 0 Å². The van der Waals surface area contributed by atoms with Gasteiger partial charge in [0.2, 0.25) is 0 Å². The highest BCUT2D eigenvalue weighted by Crippen LogP contribution is 2.41. The molecule has 3 atom stereocenters. The molecular weight excluding hydrogens is 222 g/mol. The molecule has 1 heterocycles. The van der Waals surface area contributed by atoms with Crippen molar-refractivity contribution >= 4 is 5.82 Å². The lowest BCUT2D eigenvalue weighted by molar-refractivity contribution is 0.405. The van der Waals surface area contributed by atoms with E-state index < -0.39 is 0 Å². The molecule has 1 aromatic heterocycles. The van der Waals surface area contributed by atoms with Gasteiger partial charge < -0.3 is 11.1 Å². The van der Waals surface area contributed by atoms with E-state index >= 15 is 0 Å². The van der Waals surface area contributed by atoms with E-state index in [1.165, 1.54) is 30.4 Å². The summed E-state index contributed by atoms with van der Waals surface area (Å²) < 4.78 is 0. The third kappa shape index (κ3) is 2.66. The minimum absolute atomic E-state index is 0.562. The SMILES string of the molecule is CCCNC1CCC(c2cc(C)cnc2N)C1C. The number of aromatic nitrogens is 1. The monoisotopic (exact) mass is 247 g/mol. The molecule has 18 heavy (non-hydrogen) atoms. The third-order valence-corrected chi connectivity index (χ3v) is 4.20. The van der Waals surface area contributed by atoms with Crippen molar-refractivity contribution in [2.75, 3.05) is 12.3 Å². The van der Waals surface area contributed by atoms with Crippen LogP contribution in [0.15, 0.2) is 12.3 Å². The summed E-state index contributed by atoms with van der Waals surface area (Å²) >= 11 is 0. The highest BCUT2D eigenvalue weighted by Gasteiger charge is 2.34. The molecule has 1 saturated carbocycles. The number of rotatable bonds is 4. The molecule has 0 aliphatic heterocycles. The van der Waals surface area contributed by atoms with E-state index in [-0.39, 0.29) is 0 Å². The molecule has 1 aliphatic carbocycles. The molecule has 0 aromatic carbocycles. The molecule has 3 heteroatoms. The topological polar surface area (TPSA) is 50.9 Å². The Morgan fingerprint density at radius 1 is 1.44 bits per heavy atom. The lowest BCUT2D eigenvalue weighted by Crippen LogP contribution is -2.33. The molecule has 3 nitrogen and oxygen atoms in total. The first-order valence-electron chi connectivity index (χ1n) is 7.09. The molecule has 0 saturated heterocycles. The van der Waals surface area contributed by atoms with Gasteiger partial charge in [0.05, 0.1) is 0 Å². The van der Waals surface area contributed by atoms with Crippen LogP contribution >= 0.6 is 0 Å². The van der Waals surface area contributed by atoms with Crippen LogP contribution < -0.4 is 11.1 Å². The van der Waals surface area contributed by atoms with Gasteiger partial charge in [0, 0.05) is 12.2 Å². The van der Waals surface area contributed by atoms with Crippen LogP contribution in [0.1, 0.15) is 50.2 Å². The summed E-state index contributed by atoms with van der Waals surface area (Å²) in [6, 6.07) is 2.85. The Labute approximate surface area is 110 Å². The van der Waals surface area contributed by atoms with Crippen molar-refractivity contribution in [3.63, 3.8) is 0 Å². The fraction of sp³-hybridized carbons (Fsp3) is 0.667. The third-order valence-electron chi connectivity index (χ3n) is 4.20. The van der Waals surface area contributed by atoms with Crippen LogP contribution in [0.2, 0.25) is 0 Å². The minimum atomic E-state index is 0.562. The highest BCUT2D eigenvalue weighted by atomic mass is 14.9. The quantitative estimate of drug-likeness (QED) is 0.860. The van der Waals surface area contributed by atoms with Gasteiger partial charge in [-0.05, 0) is 55.7 Å². The molecule has 1 aliphatic rings. The van der Waals surface area contributed by atoms with E-state index in [4.69, 9.17) is 5.73 Å². The molecule has 3 unspecified atom stereocenters. The molecule has 1 fully saturated rings. The number of nitrogens with one attached hydrogen (secondary N) is 1. The van der Waals surface area contributed by atoms with E-state index in [0.29, 0.717) is 23.7 Å². The van der Waals surface area contributed by atoms with Crippen LogP contribution in [0.4, 0.5) is 5.82 Å². The Kier molecular flexibility index (Phi) is 4.23. The van der Waals surface area contributed by atoms with Crippen LogP contribution in [0.5, 0.6) is 0 Å². The van der Waals surface area contributed by atoms with Gasteiger partial charge in [-0.1, -0.05) is 19.9 Å². The summed E-state index contributed by atoms with van der Waals surface area (Å²) in [5.41, 5.74) is 8.50. The first-order valence-corrected chi connectivity index (χ1v) is 7.09. The van der Waals surface area contributed by atoms with Crippen molar-refractivity contribution in [1.29, 1.82) is 0 Å². The first-order chi connectivity index (χ1) is 8.63. The molecule has 0 radical (unpaired) electrons. The van der Waals surface area contributed by atoms with Gasteiger partial charge in [-0.3, -0.25) is 0 Å². The standard InChI is InChI=1S/C15H25N3/c1-4-7-17-14-6-5-12(11(14)3)13-8-10(2)9-18-15(13)16/h8-9,11-12,14,17H,4-7H2,1-3H3,(H2,16,18). The van der Waals surface area contributed by atoms with Gasteiger partial charge in [0.1, 0.15) is 5.82 Å². The molecule has 2 rings (SSSR count). The normalized spacial score (nSPS) is 27.6. The molecular formula is C15H25N3. The average Bonchev–Trinajstić information content (AvgIpc) is 2.71. The smallest absolute Gasteiger partial charge is 0.126 e. The summed E-state index contributed by atoms with van der Waals surface area (Å²) in [4.78, 5) is 4.30. The van der Waals surface area contributed by atoms with Gasteiger partial charge >= 0.3 is 0 Å². The van der Waals surface area contributed by atoms with Gasteiger partial charge in [-0.25, -0.2) is 4.98 Å². The van der Waals surface area contributed by atoms with Gasteiger partial charge in [-0.2, -0.15) is 0 Å². The summed E-state index contributed by atoms with van der Waals surface area (Å²) in [6.07, 6.45) is 5.52. The van der Waals surface area contributed by atoms with E-state index in [1.54, 1.807) is 0 Å². The Morgan fingerprint density at radius 2 is 2.22 bits per heavy atom. The molecule has 3 N–H and O–H groups in total. The summed E-state index contributed by atoms with van der Waals surface area (Å²) in [5.74, 6) is 1.92. The van der Waals surface area contributed by atoms with Crippen molar-refractivity contribution in [1.82, 2.24) is 10.3 Å². The predicted molar refractivity (Wildman–Crippen MR) is 76.6 cm³/mol. The van der Waals surface area contributed by atoms with E-state index in [1.807, 2.05) is 6.20 Å². The number of hydrogen-bond acceptors (Lipinski definition) is 3. The second-order valence-electron chi connectivity index (χ2n) is 5.59. The van der Waals surface area contributed by atoms with Crippen molar-refractivity contribution in [2.24, 2.45) is 5.92 Å². The highest BCUT2D eigenvalue weighted by molar-refractivity contribution is 5.44. The number of nitrogens with zero attached hydrogens (tertiary/aromatic N) is 1. The number of pyridine rings is 1. The molecule has 100 valence electrons. The number of anilines is 1. The fourth-order valence-corrected chi connectivity index (χ4v) is 3.12. The second-order valence-corrected chi connectivity index (χ2v) is 5.59. The van der Waals surface area contributed by atoms with Crippen molar-refractivity contribution in [3.8, 4) is 0 Å². The maximum atomic E-state index is 6.05. The van der Waals surface area contributed by atoms with E-state index in [0.717, 1.165) is 6.54 Å². The fourth-order valence-electron chi connectivity index (χ4n) is 3.12.